The second-order valence-corrected chi connectivity index (χ2v) is 6.88. The van der Waals surface area contributed by atoms with Crippen LogP contribution in [0.4, 0.5) is 0 Å². The number of carbonyl (C=O) groups excluding carboxylic acids is 1. The van der Waals surface area contributed by atoms with Gasteiger partial charge in [0.1, 0.15) is 6.54 Å². The average molecular weight is 320 g/mol. The van der Waals surface area contributed by atoms with E-state index in [1.165, 1.54) is 19.3 Å². The Morgan fingerprint density at radius 1 is 1.30 bits per heavy atom. The second-order valence-electron chi connectivity index (χ2n) is 6.88. The van der Waals surface area contributed by atoms with Crippen molar-refractivity contribution in [1.82, 2.24) is 20.0 Å². The molecule has 6 nitrogen and oxygen atoms in total. The third-order valence-electron chi connectivity index (χ3n) is 5.13. The molecule has 1 aromatic heterocycles. The maximum Gasteiger partial charge on any atom is 0.241 e. The lowest BCUT2D eigenvalue weighted by atomic mass is 9.86. The van der Waals surface area contributed by atoms with E-state index in [0.717, 1.165) is 51.3 Å². The molecule has 0 bridgehead atoms. The van der Waals surface area contributed by atoms with Crippen LogP contribution in [-0.2, 0) is 16.1 Å². The number of likely N-dealkylation sites (tertiary alicyclic amines) is 1. The van der Waals surface area contributed by atoms with E-state index in [1.807, 2.05) is 13.1 Å². The van der Waals surface area contributed by atoms with Gasteiger partial charge in [0, 0.05) is 31.5 Å². The molecule has 2 saturated heterocycles. The van der Waals surface area contributed by atoms with Gasteiger partial charge in [0.2, 0.25) is 5.91 Å². The van der Waals surface area contributed by atoms with Crippen LogP contribution in [0.25, 0.3) is 0 Å². The van der Waals surface area contributed by atoms with Crippen LogP contribution in [-0.4, -0.2) is 59.0 Å². The number of amides is 1. The van der Waals surface area contributed by atoms with Gasteiger partial charge in [0.05, 0.1) is 6.20 Å². The molecule has 0 aromatic carbocycles. The van der Waals surface area contributed by atoms with Gasteiger partial charge in [0.15, 0.2) is 0 Å². The highest BCUT2D eigenvalue weighted by atomic mass is 16.5. The molecule has 0 radical (unpaired) electrons. The zero-order valence-corrected chi connectivity index (χ0v) is 14.1. The van der Waals surface area contributed by atoms with E-state index in [9.17, 15) is 4.79 Å². The lowest BCUT2D eigenvalue weighted by Gasteiger charge is -2.48. The molecular weight excluding hydrogens is 292 g/mol. The summed E-state index contributed by atoms with van der Waals surface area (Å²) in [4.78, 5) is 14.9. The van der Waals surface area contributed by atoms with Crippen molar-refractivity contribution < 1.29 is 9.53 Å². The molecule has 1 aromatic rings. The molecule has 3 rings (SSSR count). The van der Waals surface area contributed by atoms with Gasteiger partial charge in [-0.2, -0.15) is 5.10 Å². The molecule has 0 unspecified atom stereocenters. The molecule has 0 saturated carbocycles. The first-order chi connectivity index (χ1) is 11.2. The molecule has 1 amide bonds. The predicted octanol–water partition coefficient (Wildman–Crippen LogP) is 1.34. The van der Waals surface area contributed by atoms with Gasteiger partial charge in [-0.25, -0.2) is 0 Å². The second kappa shape index (κ2) is 7.45. The fraction of sp³-hybridized carbons (Fsp3) is 0.765. The van der Waals surface area contributed by atoms with Gasteiger partial charge >= 0.3 is 0 Å². The summed E-state index contributed by atoms with van der Waals surface area (Å²) in [5.74, 6) is 0.0379. The largest absolute Gasteiger partial charge is 0.381 e. The first kappa shape index (κ1) is 16.5. The van der Waals surface area contributed by atoms with Crippen molar-refractivity contribution in [2.75, 3.05) is 32.8 Å². The van der Waals surface area contributed by atoms with Gasteiger partial charge in [-0.05, 0) is 51.3 Å². The topological polar surface area (TPSA) is 59.4 Å². The van der Waals surface area contributed by atoms with E-state index >= 15 is 0 Å². The summed E-state index contributed by atoms with van der Waals surface area (Å²) in [6, 6.07) is 0. The number of carbonyl (C=O) groups is 1. The lowest BCUT2D eigenvalue weighted by Crippen LogP contribution is -2.59. The highest BCUT2D eigenvalue weighted by Gasteiger charge is 2.39. The number of nitrogens with one attached hydrogen (secondary N) is 1. The number of aryl methyl sites for hydroxylation is 1. The van der Waals surface area contributed by atoms with Crippen LogP contribution in [0.2, 0.25) is 0 Å². The first-order valence-corrected chi connectivity index (χ1v) is 8.77. The number of ether oxygens (including phenoxy) is 1. The predicted molar refractivity (Wildman–Crippen MR) is 88.2 cm³/mol. The van der Waals surface area contributed by atoms with Crippen molar-refractivity contribution in [3.63, 3.8) is 0 Å². The molecule has 2 aliphatic heterocycles. The Hall–Kier alpha value is -1.40. The molecule has 128 valence electrons. The summed E-state index contributed by atoms with van der Waals surface area (Å²) in [5, 5.41) is 7.33. The summed E-state index contributed by atoms with van der Waals surface area (Å²) < 4.78 is 7.26. The zero-order valence-electron chi connectivity index (χ0n) is 14.1. The maximum atomic E-state index is 12.3. The van der Waals surface area contributed by atoms with Crippen LogP contribution in [0, 0.1) is 6.92 Å². The smallest absolute Gasteiger partial charge is 0.241 e. The highest BCUT2D eigenvalue weighted by Crippen LogP contribution is 2.30. The van der Waals surface area contributed by atoms with Crippen LogP contribution in [0.5, 0.6) is 0 Å². The molecule has 0 atom stereocenters. The Labute approximate surface area is 138 Å². The standard InChI is InChI=1S/C17H28N4O2/c1-15-11-19-21(12-15)13-16(22)18-14-17(5-9-23-10-6-17)20-7-3-2-4-8-20/h11-12H,2-10,13-14H2,1H3,(H,18,22). The lowest BCUT2D eigenvalue weighted by molar-refractivity contribution is -0.123. The summed E-state index contributed by atoms with van der Waals surface area (Å²) in [6.07, 6.45) is 9.55. The number of rotatable bonds is 5. The number of piperidine rings is 1. The van der Waals surface area contributed by atoms with Gasteiger partial charge < -0.3 is 10.1 Å². The molecule has 23 heavy (non-hydrogen) atoms. The van der Waals surface area contributed by atoms with Gasteiger partial charge in [0.25, 0.3) is 0 Å². The molecular formula is C17H28N4O2. The van der Waals surface area contributed by atoms with Gasteiger partial charge in [-0.15, -0.1) is 0 Å². The summed E-state index contributed by atoms with van der Waals surface area (Å²) in [5.41, 5.74) is 1.15. The Morgan fingerprint density at radius 3 is 2.70 bits per heavy atom. The Bertz CT molecular complexity index is 516. The van der Waals surface area contributed by atoms with Crippen molar-refractivity contribution in [2.45, 2.75) is 51.1 Å². The maximum absolute atomic E-state index is 12.3. The third kappa shape index (κ3) is 4.12. The minimum atomic E-state index is 0.0379. The van der Waals surface area contributed by atoms with Gasteiger partial charge in [-0.1, -0.05) is 6.42 Å². The van der Waals surface area contributed by atoms with Crippen LogP contribution < -0.4 is 5.32 Å². The Balaban J connectivity index is 1.58. The van der Waals surface area contributed by atoms with Crippen LogP contribution >= 0.6 is 0 Å². The molecule has 6 heteroatoms. The van der Waals surface area contributed by atoms with E-state index in [1.54, 1.807) is 10.9 Å². The number of hydrogen-bond donors (Lipinski definition) is 1. The summed E-state index contributed by atoms with van der Waals surface area (Å²) in [7, 11) is 0. The minimum absolute atomic E-state index is 0.0379. The average Bonchev–Trinajstić information content (AvgIpc) is 2.99. The highest BCUT2D eigenvalue weighted by molar-refractivity contribution is 5.75. The number of nitrogens with zero attached hydrogens (tertiary/aromatic N) is 3. The van der Waals surface area contributed by atoms with Crippen molar-refractivity contribution >= 4 is 5.91 Å². The van der Waals surface area contributed by atoms with Crippen molar-refractivity contribution in [2.24, 2.45) is 0 Å². The Kier molecular flexibility index (Phi) is 5.33. The minimum Gasteiger partial charge on any atom is -0.381 e. The number of hydrogen-bond acceptors (Lipinski definition) is 4. The van der Waals surface area contributed by atoms with Crippen molar-refractivity contribution in [3.05, 3.63) is 18.0 Å². The monoisotopic (exact) mass is 320 g/mol. The van der Waals surface area contributed by atoms with Gasteiger partial charge in [-0.3, -0.25) is 14.4 Å². The SMILES string of the molecule is Cc1cnn(CC(=O)NCC2(N3CCCCC3)CCOCC2)c1. The quantitative estimate of drug-likeness (QED) is 0.889. The summed E-state index contributed by atoms with van der Waals surface area (Å²) >= 11 is 0. The van der Waals surface area contributed by atoms with E-state index in [-0.39, 0.29) is 11.4 Å². The first-order valence-electron chi connectivity index (χ1n) is 8.77. The molecule has 1 N–H and O–H groups in total. The third-order valence-corrected chi connectivity index (χ3v) is 5.13. The van der Waals surface area contributed by atoms with Crippen LogP contribution in [0.1, 0.15) is 37.7 Å². The van der Waals surface area contributed by atoms with E-state index < -0.39 is 0 Å². The number of aromatic nitrogens is 2. The molecule has 2 fully saturated rings. The fourth-order valence-electron chi connectivity index (χ4n) is 3.74. The summed E-state index contributed by atoms with van der Waals surface area (Å²) in [6.45, 7) is 6.88. The van der Waals surface area contributed by atoms with Crippen LogP contribution in [0.15, 0.2) is 12.4 Å². The van der Waals surface area contributed by atoms with Crippen LogP contribution in [0.3, 0.4) is 0 Å². The van der Waals surface area contributed by atoms with Crippen molar-refractivity contribution in [1.29, 1.82) is 0 Å². The van der Waals surface area contributed by atoms with E-state index in [4.69, 9.17) is 4.74 Å². The van der Waals surface area contributed by atoms with E-state index in [2.05, 4.69) is 15.3 Å². The molecule has 0 aliphatic carbocycles. The molecule has 0 spiro atoms. The Morgan fingerprint density at radius 2 is 2.04 bits per heavy atom. The normalized spacial score (nSPS) is 22.0. The molecule has 3 heterocycles. The van der Waals surface area contributed by atoms with Crippen molar-refractivity contribution in [3.8, 4) is 0 Å². The molecule has 2 aliphatic rings. The van der Waals surface area contributed by atoms with E-state index in [0.29, 0.717) is 6.54 Å². The zero-order chi connectivity index (χ0) is 16.1. The fourth-order valence-corrected chi connectivity index (χ4v) is 3.74.